The van der Waals surface area contributed by atoms with Crippen LogP contribution in [-0.2, 0) is 8.78 Å². The molecular weight excluding hydrogens is 146 g/mol. The molecule has 0 spiro atoms. The number of rotatable bonds is 1. The summed E-state index contributed by atoms with van der Waals surface area (Å²) >= 11 is 0. The van der Waals surface area contributed by atoms with E-state index >= 15 is 0 Å². The van der Waals surface area contributed by atoms with Gasteiger partial charge in [-0.2, -0.15) is 0 Å². The fourth-order valence-corrected chi connectivity index (χ4v) is 0. The Labute approximate surface area is 67.8 Å². The van der Waals surface area contributed by atoms with Gasteiger partial charge in [0.25, 0.3) is 0 Å². The van der Waals surface area contributed by atoms with Gasteiger partial charge in [-0.25, -0.2) is 4.57 Å². The maximum atomic E-state index is 9.51. The minimum absolute atomic E-state index is 0. The van der Waals surface area contributed by atoms with Gasteiger partial charge >= 0.3 is 37.4 Å². The molecule has 4 nitrogen and oxygen atoms in total. The van der Waals surface area contributed by atoms with Crippen LogP contribution in [0.5, 0.6) is 0 Å². The van der Waals surface area contributed by atoms with Crippen molar-refractivity contribution < 1.29 is 49.5 Å². The summed E-state index contributed by atoms with van der Waals surface area (Å²) in [6.45, 7) is 0. The van der Waals surface area contributed by atoms with E-state index in [-0.39, 0.29) is 41.5 Å². The maximum absolute atomic E-state index is 9.51. The van der Waals surface area contributed by atoms with Crippen molar-refractivity contribution in [1.29, 1.82) is 0 Å². The molecule has 0 aromatic rings. The SMILES string of the molecule is O=P(O)(O)O[SiH3].[H-].[Na+]. The second-order valence-electron chi connectivity index (χ2n) is 0.673. The zero-order valence-corrected chi connectivity index (χ0v) is 9.05. The fourth-order valence-electron chi connectivity index (χ4n) is 0. The standard InChI is InChI=1S/Na.H5O4PSi.H/c;1-5(2,3)4-6;/h;6H3,(H2,1,2,3);/q+1;;-1. The van der Waals surface area contributed by atoms with Crippen LogP contribution in [0.3, 0.4) is 0 Å². The summed E-state index contributed by atoms with van der Waals surface area (Å²) in [6, 6.07) is 0. The second-order valence-corrected chi connectivity index (χ2v) is 3.11. The first kappa shape index (κ1) is 11.2. The molecule has 0 amide bonds. The summed E-state index contributed by atoms with van der Waals surface area (Å²) in [5, 5.41) is 0. The monoisotopic (exact) mass is 152 g/mol. The Hall–Kier alpha value is 1.33. The number of phosphoric acid groups is 1. The van der Waals surface area contributed by atoms with Crippen molar-refractivity contribution in [2.45, 2.75) is 0 Å². The molecular formula is H6NaO4PSi. The Morgan fingerprint density at radius 1 is 1.71 bits per heavy atom. The Kier molecular flexibility index (Phi) is 6.75. The predicted molar refractivity (Wildman–Crippen MR) is 24.2 cm³/mol. The van der Waals surface area contributed by atoms with Crippen molar-refractivity contribution >= 4 is 18.3 Å². The van der Waals surface area contributed by atoms with Crippen molar-refractivity contribution in [3.63, 3.8) is 0 Å². The van der Waals surface area contributed by atoms with Gasteiger partial charge in [0.1, 0.15) is 0 Å². The summed E-state index contributed by atoms with van der Waals surface area (Å²) in [5.41, 5.74) is 0. The Bertz CT molecular complexity index is 80.1. The van der Waals surface area contributed by atoms with Gasteiger partial charge in [0.2, 0.25) is 0 Å². The van der Waals surface area contributed by atoms with Gasteiger partial charge < -0.3 is 15.4 Å². The van der Waals surface area contributed by atoms with Gasteiger partial charge in [-0.05, 0) is 0 Å². The van der Waals surface area contributed by atoms with Gasteiger partial charge in [-0.3, -0.25) is 0 Å². The molecule has 0 aromatic carbocycles. The molecule has 0 saturated carbocycles. The molecule has 0 unspecified atom stereocenters. The molecule has 40 valence electrons. The average Bonchev–Trinajstić information content (AvgIpc) is 1.35. The first-order valence-electron chi connectivity index (χ1n) is 1.17. The molecule has 0 atom stereocenters. The van der Waals surface area contributed by atoms with Gasteiger partial charge in [-0.15, -0.1) is 0 Å². The van der Waals surface area contributed by atoms with Crippen LogP contribution in [0.4, 0.5) is 0 Å². The third-order valence-corrected chi connectivity index (χ3v) is 2.14. The largest absolute Gasteiger partial charge is 1.00 e. The van der Waals surface area contributed by atoms with Crippen molar-refractivity contribution in [3.05, 3.63) is 0 Å². The third-order valence-electron chi connectivity index (χ3n) is 0.238. The van der Waals surface area contributed by atoms with Crippen molar-refractivity contribution in [1.82, 2.24) is 0 Å². The third kappa shape index (κ3) is 11.1. The van der Waals surface area contributed by atoms with E-state index in [2.05, 4.69) is 4.21 Å². The first-order valence-corrected chi connectivity index (χ1v) is 3.52. The molecule has 0 aliphatic rings. The van der Waals surface area contributed by atoms with E-state index in [1.165, 1.54) is 0 Å². The van der Waals surface area contributed by atoms with E-state index in [4.69, 9.17) is 9.79 Å². The molecule has 0 rings (SSSR count). The molecule has 0 heterocycles. The minimum Gasteiger partial charge on any atom is -1.00 e. The summed E-state index contributed by atoms with van der Waals surface area (Å²) < 4.78 is 13.2. The van der Waals surface area contributed by atoms with E-state index in [1.807, 2.05) is 0 Å². The van der Waals surface area contributed by atoms with Crippen LogP contribution in [-0.4, -0.2) is 20.3 Å². The van der Waals surface area contributed by atoms with Gasteiger partial charge in [0, 0.05) is 0 Å². The van der Waals surface area contributed by atoms with Crippen LogP contribution in [0, 0.1) is 0 Å². The summed E-state index contributed by atoms with van der Waals surface area (Å²) in [4.78, 5) is 15.5. The molecule has 0 aromatic heterocycles. The van der Waals surface area contributed by atoms with Gasteiger partial charge in [-0.1, -0.05) is 0 Å². The summed E-state index contributed by atoms with van der Waals surface area (Å²) in [7, 11) is -4.00. The second kappa shape index (κ2) is 4.23. The van der Waals surface area contributed by atoms with Crippen LogP contribution < -0.4 is 29.6 Å². The van der Waals surface area contributed by atoms with Gasteiger partial charge in [0.05, 0.1) is 0 Å². The average molecular weight is 152 g/mol. The van der Waals surface area contributed by atoms with Crippen LogP contribution in [0.25, 0.3) is 0 Å². The summed E-state index contributed by atoms with van der Waals surface area (Å²) in [6.07, 6.45) is 0. The molecule has 0 fully saturated rings. The smallest absolute Gasteiger partial charge is 1.00 e. The molecule has 0 radical (unpaired) electrons. The molecule has 7 heteroatoms. The molecule has 0 aliphatic heterocycles. The maximum Gasteiger partial charge on any atom is 1.00 e. The van der Waals surface area contributed by atoms with Crippen LogP contribution in [0.2, 0.25) is 0 Å². The van der Waals surface area contributed by atoms with E-state index in [9.17, 15) is 4.57 Å². The molecule has 0 bridgehead atoms. The van der Waals surface area contributed by atoms with E-state index in [0.717, 1.165) is 0 Å². The van der Waals surface area contributed by atoms with E-state index in [0.29, 0.717) is 0 Å². The van der Waals surface area contributed by atoms with Crippen LogP contribution in [0.15, 0.2) is 0 Å². The zero-order valence-electron chi connectivity index (χ0n) is 5.16. The molecule has 7 heavy (non-hydrogen) atoms. The predicted octanol–water partition coefficient (Wildman–Crippen LogP) is -4.51. The fraction of sp³-hybridized carbons (Fsp3) is 0. The molecule has 2 N–H and O–H groups in total. The Morgan fingerprint density at radius 3 is 1.86 bits per heavy atom. The van der Waals surface area contributed by atoms with Crippen molar-refractivity contribution in [2.24, 2.45) is 0 Å². The van der Waals surface area contributed by atoms with E-state index in [1.54, 1.807) is 0 Å². The number of hydrogen-bond donors (Lipinski definition) is 2. The normalized spacial score (nSPS) is 10.6. The first-order chi connectivity index (χ1) is 2.56. The molecule has 0 aliphatic carbocycles. The Balaban J connectivity index is -0.000000125. The van der Waals surface area contributed by atoms with Gasteiger partial charge in [0.15, 0.2) is 10.5 Å². The zero-order chi connectivity index (χ0) is 5.21. The van der Waals surface area contributed by atoms with Crippen molar-refractivity contribution in [2.75, 3.05) is 0 Å². The van der Waals surface area contributed by atoms with Crippen LogP contribution >= 0.6 is 7.82 Å². The number of hydrogen-bond acceptors (Lipinski definition) is 2. The van der Waals surface area contributed by atoms with E-state index < -0.39 is 7.82 Å². The van der Waals surface area contributed by atoms with Crippen LogP contribution in [0.1, 0.15) is 1.43 Å². The summed E-state index contributed by atoms with van der Waals surface area (Å²) in [5.74, 6) is 0. The Morgan fingerprint density at radius 2 is 1.86 bits per heavy atom. The minimum atomic E-state index is -4.08. The quantitative estimate of drug-likeness (QED) is 0.293. The topological polar surface area (TPSA) is 66.8 Å². The van der Waals surface area contributed by atoms with Crippen molar-refractivity contribution in [3.8, 4) is 0 Å². The molecule has 0 saturated heterocycles.